The van der Waals surface area contributed by atoms with E-state index in [0.29, 0.717) is 17.5 Å². The summed E-state index contributed by atoms with van der Waals surface area (Å²) in [6.45, 7) is 0. The number of benzene rings is 8. The quantitative estimate of drug-likeness (QED) is 0.170. The van der Waals surface area contributed by atoms with Crippen LogP contribution in [0.4, 0.5) is 0 Å². The molecule has 9 aromatic rings. The van der Waals surface area contributed by atoms with Crippen molar-refractivity contribution < 1.29 is 0 Å². The Labute approximate surface area is 303 Å². The van der Waals surface area contributed by atoms with E-state index in [1.165, 1.54) is 27.8 Å². The van der Waals surface area contributed by atoms with Gasteiger partial charge in [-0.15, -0.1) is 0 Å². The van der Waals surface area contributed by atoms with Gasteiger partial charge in [0.15, 0.2) is 17.5 Å². The third kappa shape index (κ3) is 6.28. The minimum absolute atomic E-state index is 0.639. The summed E-state index contributed by atoms with van der Waals surface area (Å²) < 4.78 is 0. The van der Waals surface area contributed by atoms with E-state index in [9.17, 15) is 0 Å². The monoisotopic (exact) mass is 663 g/mol. The Morgan fingerprint density at radius 2 is 0.577 bits per heavy atom. The lowest BCUT2D eigenvalue weighted by Gasteiger charge is -2.12. The van der Waals surface area contributed by atoms with Crippen LogP contribution in [0.2, 0.25) is 0 Å². The Balaban J connectivity index is 1.08. The summed E-state index contributed by atoms with van der Waals surface area (Å²) in [5.74, 6) is 1.94. The molecule has 9 rings (SSSR count). The molecular formula is C49H33N3. The maximum Gasteiger partial charge on any atom is 0.164 e. The summed E-state index contributed by atoms with van der Waals surface area (Å²) in [4.78, 5) is 15.1. The van der Waals surface area contributed by atoms with Crippen molar-refractivity contribution in [3.63, 3.8) is 0 Å². The molecule has 8 aromatic carbocycles. The Hall–Kier alpha value is -6.97. The van der Waals surface area contributed by atoms with Crippen molar-refractivity contribution in [2.45, 2.75) is 0 Å². The molecule has 0 atom stereocenters. The van der Waals surface area contributed by atoms with E-state index in [4.69, 9.17) is 15.0 Å². The lowest BCUT2D eigenvalue weighted by atomic mass is 9.94. The fourth-order valence-corrected chi connectivity index (χ4v) is 6.87. The summed E-state index contributed by atoms with van der Waals surface area (Å²) in [5.41, 5.74) is 12.2. The van der Waals surface area contributed by atoms with Gasteiger partial charge in [-0.3, -0.25) is 0 Å². The molecule has 0 unspecified atom stereocenters. The van der Waals surface area contributed by atoms with Crippen molar-refractivity contribution in [1.82, 2.24) is 15.0 Å². The van der Waals surface area contributed by atoms with Crippen molar-refractivity contribution in [1.29, 1.82) is 0 Å². The second-order valence-corrected chi connectivity index (χ2v) is 12.9. The maximum atomic E-state index is 5.09. The van der Waals surface area contributed by atoms with Crippen LogP contribution in [0.3, 0.4) is 0 Å². The third-order valence-corrected chi connectivity index (χ3v) is 9.51. The molecule has 3 heteroatoms. The van der Waals surface area contributed by atoms with E-state index in [0.717, 1.165) is 44.2 Å². The van der Waals surface area contributed by atoms with Gasteiger partial charge in [-0.1, -0.05) is 176 Å². The maximum absolute atomic E-state index is 5.09. The van der Waals surface area contributed by atoms with Gasteiger partial charge in [-0.2, -0.15) is 0 Å². The molecule has 0 aliphatic rings. The Morgan fingerprint density at radius 3 is 1.13 bits per heavy atom. The molecule has 0 aliphatic carbocycles. The predicted octanol–water partition coefficient (Wildman–Crippen LogP) is 12.7. The molecule has 52 heavy (non-hydrogen) atoms. The molecule has 3 nitrogen and oxygen atoms in total. The zero-order valence-corrected chi connectivity index (χ0v) is 28.4. The predicted molar refractivity (Wildman–Crippen MR) is 215 cm³/mol. The van der Waals surface area contributed by atoms with Crippen LogP contribution in [0.5, 0.6) is 0 Å². The van der Waals surface area contributed by atoms with Crippen LogP contribution in [0.15, 0.2) is 200 Å². The third-order valence-electron chi connectivity index (χ3n) is 9.51. The van der Waals surface area contributed by atoms with E-state index in [-0.39, 0.29) is 0 Å². The average molecular weight is 664 g/mol. The highest BCUT2D eigenvalue weighted by Crippen LogP contribution is 2.34. The fraction of sp³-hybridized carbons (Fsp3) is 0. The number of fused-ring (bicyclic) bond motifs is 1. The first-order chi connectivity index (χ1) is 25.7. The van der Waals surface area contributed by atoms with Crippen molar-refractivity contribution >= 4 is 10.8 Å². The fourth-order valence-electron chi connectivity index (χ4n) is 6.87. The van der Waals surface area contributed by atoms with Crippen molar-refractivity contribution in [3.8, 4) is 78.7 Å². The number of aromatic nitrogens is 3. The second kappa shape index (κ2) is 13.7. The summed E-state index contributed by atoms with van der Waals surface area (Å²) >= 11 is 0. The van der Waals surface area contributed by atoms with Gasteiger partial charge in [0.05, 0.1) is 0 Å². The highest BCUT2D eigenvalue weighted by atomic mass is 15.0. The highest BCUT2D eigenvalue weighted by molar-refractivity contribution is 5.95. The van der Waals surface area contributed by atoms with Crippen LogP contribution in [-0.2, 0) is 0 Å². The highest BCUT2D eigenvalue weighted by Gasteiger charge is 2.15. The summed E-state index contributed by atoms with van der Waals surface area (Å²) in [5, 5.41) is 2.26. The number of nitrogens with zero attached hydrogens (tertiary/aromatic N) is 3. The summed E-state index contributed by atoms with van der Waals surface area (Å²) in [6, 6.07) is 70.1. The van der Waals surface area contributed by atoms with E-state index < -0.39 is 0 Å². The van der Waals surface area contributed by atoms with Gasteiger partial charge in [0, 0.05) is 16.7 Å². The lowest BCUT2D eigenvalue weighted by Crippen LogP contribution is -2.00. The first-order valence-corrected chi connectivity index (χ1v) is 17.5. The molecule has 0 fully saturated rings. The van der Waals surface area contributed by atoms with Crippen molar-refractivity contribution in [3.05, 3.63) is 200 Å². The number of hydrogen-bond donors (Lipinski definition) is 0. The second-order valence-electron chi connectivity index (χ2n) is 12.9. The smallest absolute Gasteiger partial charge is 0.164 e. The summed E-state index contributed by atoms with van der Waals surface area (Å²) in [7, 11) is 0. The minimum Gasteiger partial charge on any atom is -0.208 e. The Bertz CT molecular complexity index is 2680. The van der Waals surface area contributed by atoms with E-state index in [1.54, 1.807) is 0 Å². The van der Waals surface area contributed by atoms with Gasteiger partial charge >= 0.3 is 0 Å². The molecule has 0 saturated carbocycles. The minimum atomic E-state index is 0.639. The number of hydrogen-bond acceptors (Lipinski definition) is 3. The number of rotatable bonds is 7. The Morgan fingerprint density at radius 1 is 0.231 bits per heavy atom. The zero-order valence-electron chi connectivity index (χ0n) is 28.4. The molecule has 0 saturated heterocycles. The van der Waals surface area contributed by atoms with E-state index in [2.05, 4.69) is 170 Å². The van der Waals surface area contributed by atoms with Gasteiger partial charge in [0.2, 0.25) is 0 Å². The SMILES string of the molecule is c1ccc(-c2cccc(-c3cccc(-c4cccc(-c5cccc(-c6nc(-c7ccccc7)nc(-c7cccc8ccccc78)n6)c5)c4)c3)c2)cc1. The van der Waals surface area contributed by atoms with Gasteiger partial charge in [0.25, 0.3) is 0 Å². The molecule has 244 valence electrons. The molecule has 0 bridgehead atoms. The normalized spacial score (nSPS) is 11.1. The summed E-state index contributed by atoms with van der Waals surface area (Å²) in [6.07, 6.45) is 0. The van der Waals surface area contributed by atoms with Gasteiger partial charge < -0.3 is 0 Å². The molecule has 1 aromatic heterocycles. The van der Waals surface area contributed by atoms with E-state index in [1.807, 2.05) is 30.3 Å². The average Bonchev–Trinajstić information content (AvgIpc) is 3.24. The molecule has 0 N–H and O–H groups in total. The van der Waals surface area contributed by atoms with Crippen LogP contribution < -0.4 is 0 Å². The van der Waals surface area contributed by atoms with Gasteiger partial charge in [0.1, 0.15) is 0 Å². The topological polar surface area (TPSA) is 38.7 Å². The molecular weight excluding hydrogens is 631 g/mol. The molecule has 0 amide bonds. The molecule has 0 aliphatic heterocycles. The first-order valence-electron chi connectivity index (χ1n) is 17.5. The standard InChI is InChI=1S/C49H33N3/c1-3-14-34(15-4-1)37-20-9-21-38(30-37)39-22-10-23-40(31-39)41-24-11-25-42(32-41)43-26-12-27-44(33-43)48-50-47(36-17-5-2-6-18-36)51-49(52-48)46-29-13-19-35-16-7-8-28-45(35)46/h1-33H. The van der Waals surface area contributed by atoms with Crippen molar-refractivity contribution in [2.24, 2.45) is 0 Å². The lowest BCUT2D eigenvalue weighted by molar-refractivity contribution is 1.08. The van der Waals surface area contributed by atoms with Crippen LogP contribution in [-0.4, -0.2) is 15.0 Å². The zero-order chi connectivity index (χ0) is 34.7. The van der Waals surface area contributed by atoms with Crippen LogP contribution in [0.1, 0.15) is 0 Å². The Kier molecular flexibility index (Phi) is 8.20. The van der Waals surface area contributed by atoms with Crippen LogP contribution in [0.25, 0.3) is 89.4 Å². The van der Waals surface area contributed by atoms with Gasteiger partial charge in [-0.05, 0) is 79.5 Å². The van der Waals surface area contributed by atoms with Crippen LogP contribution in [0, 0.1) is 0 Å². The van der Waals surface area contributed by atoms with E-state index >= 15 is 0 Å². The van der Waals surface area contributed by atoms with Crippen LogP contribution >= 0.6 is 0 Å². The van der Waals surface area contributed by atoms with Crippen molar-refractivity contribution in [2.75, 3.05) is 0 Å². The molecule has 0 radical (unpaired) electrons. The first kappa shape index (κ1) is 31.0. The molecule has 1 heterocycles. The molecule has 0 spiro atoms. The van der Waals surface area contributed by atoms with Gasteiger partial charge in [-0.25, -0.2) is 15.0 Å². The largest absolute Gasteiger partial charge is 0.208 e.